The van der Waals surface area contributed by atoms with Gasteiger partial charge in [0.15, 0.2) is 0 Å². The van der Waals surface area contributed by atoms with Crippen LogP contribution in [-0.2, 0) is 4.74 Å². The lowest BCUT2D eigenvalue weighted by molar-refractivity contribution is 0.0601. The van der Waals surface area contributed by atoms with E-state index in [-0.39, 0.29) is 5.97 Å². The normalized spacial score (nSPS) is 10.7. The van der Waals surface area contributed by atoms with Crippen LogP contribution in [0.4, 0.5) is 0 Å². The van der Waals surface area contributed by atoms with Crippen LogP contribution in [0, 0.1) is 0 Å². The van der Waals surface area contributed by atoms with Crippen molar-refractivity contribution in [2.45, 2.75) is 0 Å². The first kappa shape index (κ1) is 15.8. The third-order valence-corrected chi connectivity index (χ3v) is 3.83. The molecular weight excluding hydrogens is 296 g/mol. The van der Waals surface area contributed by atoms with Gasteiger partial charge in [0.2, 0.25) is 0 Å². The highest BCUT2D eigenvalue weighted by Crippen LogP contribution is 2.28. The van der Waals surface area contributed by atoms with E-state index in [0.29, 0.717) is 5.56 Å². The predicted octanol–water partition coefficient (Wildman–Crippen LogP) is 5.31. The Hall–Kier alpha value is -3.13. The van der Waals surface area contributed by atoms with Crippen molar-refractivity contribution in [2.75, 3.05) is 7.11 Å². The molecule has 0 saturated heterocycles. The van der Waals surface area contributed by atoms with Crippen molar-refractivity contribution in [1.82, 2.24) is 0 Å². The summed E-state index contributed by atoms with van der Waals surface area (Å²) < 4.78 is 5.02. The molecule has 3 rings (SSSR count). The molecule has 0 atom stereocenters. The largest absolute Gasteiger partial charge is 0.465 e. The molecule has 2 nitrogen and oxygen atoms in total. The Balaban J connectivity index is 2.09. The minimum absolute atomic E-state index is 0.331. The van der Waals surface area contributed by atoms with Gasteiger partial charge in [-0.3, -0.25) is 0 Å². The molecule has 0 fully saturated rings. The van der Waals surface area contributed by atoms with Crippen LogP contribution in [0.2, 0.25) is 0 Å². The Morgan fingerprint density at radius 3 is 2.12 bits per heavy atom. The second kappa shape index (κ2) is 7.42. The quantitative estimate of drug-likeness (QED) is 0.482. The Bertz CT molecular complexity index is 850. The molecule has 0 aliphatic rings. The Labute approximate surface area is 142 Å². The molecule has 24 heavy (non-hydrogen) atoms. The average Bonchev–Trinajstić information content (AvgIpc) is 2.67. The minimum Gasteiger partial charge on any atom is -0.465 e. The summed E-state index contributed by atoms with van der Waals surface area (Å²) in [6.07, 6.45) is 3.95. The first-order valence-electron chi connectivity index (χ1n) is 7.79. The number of rotatable bonds is 4. The molecule has 0 radical (unpaired) electrons. The topological polar surface area (TPSA) is 26.3 Å². The number of carbonyl (C=O) groups is 1. The van der Waals surface area contributed by atoms with E-state index >= 15 is 0 Å². The molecule has 0 amide bonds. The van der Waals surface area contributed by atoms with Crippen LogP contribution in [0.25, 0.3) is 23.3 Å². The van der Waals surface area contributed by atoms with Crippen LogP contribution in [-0.4, -0.2) is 13.1 Å². The lowest BCUT2D eigenvalue weighted by Gasteiger charge is -2.11. The molecule has 2 heteroatoms. The van der Waals surface area contributed by atoms with Crippen LogP contribution >= 0.6 is 0 Å². The van der Waals surface area contributed by atoms with E-state index in [2.05, 4.69) is 0 Å². The van der Waals surface area contributed by atoms with Crippen molar-refractivity contribution in [1.29, 1.82) is 0 Å². The molecule has 0 spiro atoms. The molecule has 0 aliphatic heterocycles. The van der Waals surface area contributed by atoms with Crippen LogP contribution in [0.5, 0.6) is 0 Å². The van der Waals surface area contributed by atoms with Gasteiger partial charge >= 0.3 is 5.97 Å². The fraction of sp³-hybridized carbons (Fsp3) is 0.0455. The van der Waals surface area contributed by atoms with Gasteiger partial charge in [-0.05, 0) is 22.3 Å². The van der Waals surface area contributed by atoms with E-state index in [1.54, 1.807) is 0 Å². The van der Waals surface area contributed by atoms with Crippen LogP contribution in [0.1, 0.15) is 21.5 Å². The maximum absolute atomic E-state index is 12.4. The number of esters is 1. The van der Waals surface area contributed by atoms with Gasteiger partial charge in [0.05, 0.1) is 12.7 Å². The zero-order valence-electron chi connectivity index (χ0n) is 13.5. The number of hydrogen-bond acceptors (Lipinski definition) is 2. The van der Waals surface area contributed by atoms with E-state index in [1.807, 2.05) is 91.0 Å². The van der Waals surface area contributed by atoms with Gasteiger partial charge in [-0.1, -0.05) is 91.0 Å². The van der Waals surface area contributed by atoms with Gasteiger partial charge in [-0.2, -0.15) is 0 Å². The first-order chi connectivity index (χ1) is 11.8. The van der Waals surface area contributed by atoms with Gasteiger partial charge < -0.3 is 4.74 Å². The molecule has 0 heterocycles. The molecule has 0 unspecified atom stereocenters. The predicted molar refractivity (Wildman–Crippen MR) is 98.6 cm³/mol. The van der Waals surface area contributed by atoms with Gasteiger partial charge in [-0.25, -0.2) is 4.79 Å². The van der Waals surface area contributed by atoms with Crippen LogP contribution in [0.3, 0.4) is 0 Å². The summed E-state index contributed by atoms with van der Waals surface area (Å²) in [7, 11) is 1.41. The number of ether oxygens (including phenoxy) is 1. The van der Waals surface area contributed by atoms with Gasteiger partial charge in [0.25, 0.3) is 0 Å². The molecule has 118 valence electrons. The Morgan fingerprint density at radius 2 is 1.46 bits per heavy atom. The van der Waals surface area contributed by atoms with E-state index in [0.717, 1.165) is 22.3 Å². The lowest BCUT2D eigenvalue weighted by atomic mass is 9.95. The zero-order chi connectivity index (χ0) is 16.8. The van der Waals surface area contributed by atoms with E-state index < -0.39 is 0 Å². The molecule has 3 aromatic rings. The maximum atomic E-state index is 12.4. The summed E-state index contributed by atoms with van der Waals surface area (Å²) in [6.45, 7) is 0. The standard InChI is InChI=1S/C22H18O2/c1-24-22(23)21-19(16-15-17-9-4-2-5-10-17)13-8-14-20(21)18-11-6-3-7-12-18/h2-16H,1H3/b16-15+. The fourth-order valence-electron chi connectivity index (χ4n) is 2.65. The summed E-state index contributed by atoms with van der Waals surface area (Å²) in [4.78, 5) is 12.4. The van der Waals surface area contributed by atoms with Crippen molar-refractivity contribution in [3.63, 3.8) is 0 Å². The van der Waals surface area contributed by atoms with Crippen molar-refractivity contribution in [3.05, 3.63) is 95.6 Å². The average molecular weight is 314 g/mol. The molecule has 0 aliphatic carbocycles. The van der Waals surface area contributed by atoms with Gasteiger partial charge in [0.1, 0.15) is 0 Å². The van der Waals surface area contributed by atoms with Crippen molar-refractivity contribution in [2.24, 2.45) is 0 Å². The minimum atomic E-state index is -0.331. The van der Waals surface area contributed by atoms with E-state index in [1.165, 1.54) is 7.11 Å². The third-order valence-electron chi connectivity index (χ3n) is 3.83. The van der Waals surface area contributed by atoms with E-state index in [9.17, 15) is 4.79 Å². The number of carbonyl (C=O) groups excluding carboxylic acids is 1. The van der Waals surface area contributed by atoms with E-state index in [4.69, 9.17) is 4.74 Å². The highest BCUT2D eigenvalue weighted by atomic mass is 16.5. The van der Waals surface area contributed by atoms with Crippen molar-refractivity contribution < 1.29 is 9.53 Å². The molecule has 0 saturated carbocycles. The molecule has 3 aromatic carbocycles. The number of methoxy groups -OCH3 is 1. The Kier molecular flexibility index (Phi) is 4.87. The summed E-state index contributed by atoms with van der Waals surface area (Å²) >= 11 is 0. The van der Waals surface area contributed by atoms with Crippen molar-refractivity contribution >= 4 is 18.1 Å². The van der Waals surface area contributed by atoms with Crippen LogP contribution in [0.15, 0.2) is 78.9 Å². The third kappa shape index (κ3) is 3.44. The monoisotopic (exact) mass is 314 g/mol. The maximum Gasteiger partial charge on any atom is 0.339 e. The van der Waals surface area contributed by atoms with Crippen LogP contribution < -0.4 is 0 Å². The second-order valence-corrected chi connectivity index (χ2v) is 5.37. The van der Waals surface area contributed by atoms with Gasteiger partial charge in [0, 0.05) is 0 Å². The highest BCUT2D eigenvalue weighted by molar-refractivity contribution is 6.01. The number of hydrogen-bond donors (Lipinski definition) is 0. The number of benzene rings is 3. The van der Waals surface area contributed by atoms with Crippen molar-refractivity contribution in [3.8, 4) is 11.1 Å². The zero-order valence-corrected chi connectivity index (χ0v) is 13.5. The summed E-state index contributed by atoms with van der Waals surface area (Å²) in [5, 5.41) is 0. The molecule has 0 N–H and O–H groups in total. The summed E-state index contributed by atoms with van der Waals surface area (Å²) in [6, 6.07) is 25.7. The second-order valence-electron chi connectivity index (χ2n) is 5.37. The fourth-order valence-corrected chi connectivity index (χ4v) is 2.65. The first-order valence-corrected chi connectivity index (χ1v) is 7.79. The molecule has 0 bridgehead atoms. The smallest absolute Gasteiger partial charge is 0.339 e. The highest BCUT2D eigenvalue weighted by Gasteiger charge is 2.16. The lowest BCUT2D eigenvalue weighted by Crippen LogP contribution is -2.06. The molecular formula is C22H18O2. The molecule has 0 aromatic heterocycles. The summed E-state index contributed by atoms with van der Waals surface area (Å²) in [5.41, 5.74) is 4.37. The van der Waals surface area contributed by atoms with Gasteiger partial charge in [-0.15, -0.1) is 0 Å². The summed E-state index contributed by atoms with van der Waals surface area (Å²) in [5.74, 6) is -0.331. The SMILES string of the molecule is COC(=O)c1c(/C=C/c2ccccc2)cccc1-c1ccccc1. The Morgan fingerprint density at radius 1 is 0.792 bits per heavy atom.